The van der Waals surface area contributed by atoms with Crippen molar-refractivity contribution in [1.82, 2.24) is 9.88 Å². The predicted octanol–water partition coefficient (Wildman–Crippen LogP) is 3.72. The van der Waals surface area contributed by atoms with Crippen molar-refractivity contribution in [3.63, 3.8) is 0 Å². The average Bonchev–Trinajstić information content (AvgIpc) is 3.19. The summed E-state index contributed by atoms with van der Waals surface area (Å²) in [4.78, 5) is 17.8. The predicted molar refractivity (Wildman–Crippen MR) is 98.2 cm³/mol. The summed E-state index contributed by atoms with van der Waals surface area (Å²) in [6.07, 6.45) is 0.429. The second-order valence-corrected chi connectivity index (χ2v) is 7.78. The summed E-state index contributed by atoms with van der Waals surface area (Å²) in [6.45, 7) is 7.27. The van der Waals surface area contributed by atoms with Gasteiger partial charge < -0.3 is 15.5 Å². The van der Waals surface area contributed by atoms with Crippen LogP contribution in [-0.2, 0) is 16.8 Å². The monoisotopic (exact) mass is 341 g/mol. The van der Waals surface area contributed by atoms with E-state index in [1.165, 1.54) is 0 Å². The molecule has 1 aromatic carbocycles. The largest absolute Gasteiger partial charge is 0.445 e. The van der Waals surface area contributed by atoms with Gasteiger partial charge >= 0.3 is 6.09 Å². The van der Waals surface area contributed by atoms with Gasteiger partial charge in [-0.2, -0.15) is 0 Å². The minimum atomic E-state index is -0.311. The molecule has 1 amide bonds. The maximum absolute atomic E-state index is 12.6. The molecule has 2 atom stereocenters. The lowest BCUT2D eigenvalue weighted by atomic mass is 9.93. The van der Waals surface area contributed by atoms with E-state index < -0.39 is 0 Å². The number of hydrogen-bond donors (Lipinski definition) is 2. The molecule has 1 saturated heterocycles. The number of hydrogen-bond acceptors (Lipinski definition) is 3. The number of amides is 1. The second-order valence-electron chi connectivity index (χ2n) is 7.78. The Balaban J connectivity index is 1.71. The van der Waals surface area contributed by atoms with Crippen LogP contribution in [0.3, 0.4) is 0 Å². The summed E-state index contributed by atoms with van der Waals surface area (Å²) in [6, 6.07) is 13.8. The fourth-order valence-corrected chi connectivity index (χ4v) is 3.21. The number of likely N-dealkylation sites (tertiary alicyclic amines) is 1. The highest BCUT2D eigenvalue weighted by Gasteiger charge is 2.36. The Morgan fingerprint density at radius 3 is 2.60 bits per heavy atom. The van der Waals surface area contributed by atoms with E-state index in [9.17, 15) is 4.79 Å². The van der Waals surface area contributed by atoms with Gasteiger partial charge in [-0.25, -0.2) is 4.79 Å². The van der Waals surface area contributed by atoms with E-state index >= 15 is 0 Å². The third kappa shape index (κ3) is 4.04. The van der Waals surface area contributed by atoms with Crippen molar-refractivity contribution in [2.45, 2.75) is 51.3 Å². The molecule has 0 saturated carbocycles. The fourth-order valence-electron chi connectivity index (χ4n) is 3.21. The number of carbonyl (C=O) groups excluding carboxylic acids is 1. The van der Waals surface area contributed by atoms with Crippen LogP contribution in [0.15, 0.2) is 42.5 Å². The van der Waals surface area contributed by atoms with Crippen LogP contribution < -0.4 is 5.73 Å². The Morgan fingerprint density at radius 1 is 1.24 bits per heavy atom. The highest BCUT2D eigenvalue weighted by Crippen LogP contribution is 2.33. The molecule has 3 rings (SSSR count). The smallest absolute Gasteiger partial charge is 0.410 e. The minimum absolute atomic E-state index is 0.0318. The second kappa shape index (κ2) is 6.92. The third-order valence-corrected chi connectivity index (χ3v) is 4.65. The molecule has 5 heteroatoms. The van der Waals surface area contributed by atoms with Gasteiger partial charge in [-0.15, -0.1) is 0 Å². The summed E-state index contributed by atoms with van der Waals surface area (Å²) >= 11 is 0. The van der Waals surface area contributed by atoms with Crippen molar-refractivity contribution in [2.75, 3.05) is 6.54 Å². The third-order valence-electron chi connectivity index (χ3n) is 4.65. The van der Waals surface area contributed by atoms with E-state index in [4.69, 9.17) is 10.5 Å². The quantitative estimate of drug-likeness (QED) is 0.894. The standard InChI is InChI=1S/C20H27N3O2/c1-20(2,3)18-10-9-16(22-18)17-11-15(21)12-23(17)19(24)25-13-14-7-5-4-6-8-14/h4-10,15,17,22H,11-13,21H2,1-3H3/t15-,17-/m0/s1. The van der Waals surface area contributed by atoms with Crippen LogP contribution in [0.5, 0.6) is 0 Å². The Bertz CT molecular complexity index is 718. The number of nitrogens with one attached hydrogen (secondary N) is 1. The van der Waals surface area contributed by atoms with Gasteiger partial charge in [-0.1, -0.05) is 51.1 Å². The van der Waals surface area contributed by atoms with Crippen molar-refractivity contribution in [3.05, 3.63) is 59.4 Å². The van der Waals surface area contributed by atoms with Crippen LogP contribution in [0.2, 0.25) is 0 Å². The van der Waals surface area contributed by atoms with Crippen LogP contribution in [-0.4, -0.2) is 28.6 Å². The summed E-state index contributed by atoms with van der Waals surface area (Å²) in [7, 11) is 0. The average molecular weight is 341 g/mol. The van der Waals surface area contributed by atoms with E-state index in [0.29, 0.717) is 6.54 Å². The topological polar surface area (TPSA) is 71.3 Å². The summed E-state index contributed by atoms with van der Waals surface area (Å²) < 4.78 is 5.50. The number of H-pyrrole nitrogens is 1. The summed E-state index contributed by atoms with van der Waals surface area (Å²) in [5.74, 6) is 0. The maximum Gasteiger partial charge on any atom is 0.410 e. The lowest BCUT2D eigenvalue weighted by molar-refractivity contribution is 0.0912. The molecular weight excluding hydrogens is 314 g/mol. The maximum atomic E-state index is 12.6. The number of rotatable bonds is 3. The molecule has 0 aliphatic carbocycles. The molecule has 0 radical (unpaired) electrons. The number of benzene rings is 1. The van der Waals surface area contributed by atoms with Crippen LogP contribution in [0.4, 0.5) is 4.79 Å². The summed E-state index contributed by atoms with van der Waals surface area (Å²) in [5, 5.41) is 0. The lowest BCUT2D eigenvalue weighted by Gasteiger charge is -2.24. The molecule has 1 aliphatic rings. The van der Waals surface area contributed by atoms with Crippen molar-refractivity contribution in [2.24, 2.45) is 5.73 Å². The van der Waals surface area contributed by atoms with Gasteiger partial charge in [0, 0.05) is 29.4 Å². The van der Waals surface area contributed by atoms with Crippen LogP contribution in [0.25, 0.3) is 0 Å². The highest BCUT2D eigenvalue weighted by molar-refractivity contribution is 5.69. The van der Waals surface area contributed by atoms with Crippen LogP contribution in [0.1, 0.15) is 50.2 Å². The van der Waals surface area contributed by atoms with Gasteiger partial charge in [0.25, 0.3) is 0 Å². The number of nitrogens with zero attached hydrogens (tertiary/aromatic N) is 1. The molecule has 1 aromatic heterocycles. The summed E-state index contributed by atoms with van der Waals surface area (Å²) in [5.41, 5.74) is 9.32. The normalized spacial score (nSPS) is 20.7. The molecule has 134 valence electrons. The number of ether oxygens (including phenoxy) is 1. The van der Waals surface area contributed by atoms with Gasteiger partial charge in [0.2, 0.25) is 0 Å². The zero-order valence-electron chi connectivity index (χ0n) is 15.2. The highest BCUT2D eigenvalue weighted by atomic mass is 16.6. The zero-order chi connectivity index (χ0) is 18.0. The van der Waals surface area contributed by atoms with Crippen molar-refractivity contribution in [3.8, 4) is 0 Å². The van der Waals surface area contributed by atoms with E-state index in [1.54, 1.807) is 4.90 Å². The first-order valence-corrected chi connectivity index (χ1v) is 8.77. The van der Waals surface area contributed by atoms with E-state index in [1.807, 2.05) is 30.3 Å². The van der Waals surface area contributed by atoms with Gasteiger partial charge in [0.05, 0.1) is 6.04 Å². The first kappa shape index (κ1) is 17.5. The zero-order valence-corrected chi connectivity index (χ0v) is 15.2. The van der Waals surface area contributed by atoms with Crippen LogP contribution in [0, 0.1) is 0 Å². The van der Waals surface area contributed by atoms with E-state index in [-0.39, 0.29) is 30.2 Å². The molecule has 0 bridgehead atoms. The molecule has 1 fully saturated rings. The fraction of sp³-hybridized carbons (Fsp3) is 0.450. The minimum Gasteiger partial charge on any atom is -0.445 e. The molecule has 2 heterocycles. The van der Waals surface area contributed by atoms with Crippen LogP contribution >= 0.6 is 0 Å². The van der Waals surface area contributed by atoms with Crippen molar-refractivity contribution >= 4 is 6.09 Å². The first-order chi connectivity index (χ1) is 11.8. The van der Waals surface area contributed by atoms with Gasteiger partial charge in [0.1, 0.15) is 6.61 Å². The molecule has 25 heavy (non-hydrogen) atoms. The Hall–Kier alpha value is -2.27. The molecular formula is C20H27N3O2. The SMILES string of the molecule is CC(C)(C)c1ccc([C@@H]2C[C@H](N)CN2C(=O)OCc2ccccc2)[nH]1. The molecule has 1 aliphatic heterocycles. The Labute approximate surface area is 149 Å². The molecule has 5 nitrogen and oxygen atoms in total. The number of nitrogens with two attached hydrogens (primary N) is 1. The van der Waals surface area contributed by atoms with Gasteiger partial charge in [0.15, 0.2) is 0 Å². The van der Waals surface area contributed by atoms with Gasteiger partial charge in [-0.3, -0.25) is 4.90 Å². The lowest BCUT2D eigenvalue weighted by Crippen LogP contribution is -2.33. The number of carbonyl (C=O) groups is 1. The molecule has 2 aromatic rings. The molecule has 0 spiro atoms. The van der Waals surface area contributed by atoms with E-state index in [0.717, 1.165) is 23.4 Å². The van der Waals surface area contributed by atoms with E-state index in [2.05, 4.69) is 37.9 Å². The van der Waals surface area contributed by atoms with Crippen molar-refractivity contribution < 1.29 is 9.53 Å². The first-order valence-electron chi connectivity index (χ1n) is 8.77. The molecule has 3 N–H and O–H groups in total. The molecule has 0 unspecified atom stereocenters. The Morgan fingerprint density at radius 2 is 1.96 bits per heavy atom. The Kier molecular flexibility index (Phi) is 4.86. The van der Waals surface area contributed by atoms with Gasteiger partial charge in [-0.05, 0) is 24.1 Å². The van der Waals surface area contributed by atoms with Crippen molar-refractivity contribution in [1.29, 1.82) is 0 Å². The number of aromatic amines is 1. The number of aromatic nitrogens is 1.